The predicted octanol–water partition coefficient (Wildman–Crippen LogP) is -9.86. The van der Waals surface area contributed by atoms with Crippen LogP contribution >= 0.6 is 0 Å². The minimum Gasteiger partial charge on any atom is -1.00 e. The van der Waals surface area contributed by atoms with E-state index in [-0.39, 0.29) is 115 Å². The Morgan fingerprint density at radius 1 is 0.516 bits per heavy atom. The Kier molecular flexibility index (Phi) is 29.2. The average Bonchev–Trinajstić information content (AvgIpc) is 3.21. The first kappa shape index (κ1) is 56.5. The topological polar surface area (TPSA) is 322 Å². The monoisotopic (exact) mass is 946 g/mol. The van der Waals surface area contributed by atoms with Crippen LogP contribution in [0.2, 0.25) is 0 Å². The van der Waals surface area contributed by atoms with E-state index in [4.69, 9.17) is 60.8 Å². The summed E-state index contributed by atoms with van der Waals surface area (Å²) in [6.07, 6.45) is 1.73. The lowest BCUT2D eigenvalue weighted by Gasteiger charge is -2.19. The van der Waals surface area contributed by atoms with Crippen molar-refractivity contribution in [3.63, 3.8) is 0 Å². The van der Waals surface area contributed by atoms with Crippen molar-refractivity contribution < 1.29 is 91.9 Å². The van der Waals surface area contributed by atoms with Crippen molar-refractivity contribution in [3.8, 4) is 23.0 Å². The first-order chi connectivity index (χ1) is 29.9. The molecular formula is C40H64Cl2N10O12. The summed E-state index contributed by atoms with van der Waals surface area (Å²) in [5.74, 6) is 0.218. The molecule has 0 saturated carbocycles. The second kappa shape index (κ2) is 33.1. The highest BCUT2D eigenvalue weighted by atomic mass is 35.5. The van der Waals surface area contributed by atoms with Crippen molar-refractivity contribution in [2.75, 3.05) is 103 Å². The van der Waals surface area contributed by atoms with Crippen molar-refractivity contribution in [3.05, 3.63) is 36.4 Å². The van der Waals surface area contributed by atoms with E-state index in [1.165, 1.54) is 13.8 Å². The number of fused-ring (bicyclic) bond motifs is 2. The molecule has 0 fully saturated rings. The van der Waals surface area contributed by atoms with Gasteiger partial charge in [-0.1, -0.05) is 0 Å². The van der Waals surface area contributed by atoms with Gasteiger partial charge in [-0.3, -0.25) is 52.1 Å². The summed E-state index contributed by atoms with van der Waals surface area (Å²) in [6, 6.07) is 8.35. The van der Waals surface area contributed by atoms with Gasteiger partial charge in [0.15, 0.2) is 23.0 Å². The molecule has 24 heteroatoms. The second-order valence-electron chi connectivity index (χ2n) is 13.7. The fourth-order valence-corrected chi connectivity index (χ4v) is 5.69. The Morgan fingerprint density at radius 3 is 1.14 bits per heavy atom. The third-order valence-electron chi connectivity index (χ3n) is 8.49. The molecular weight excluding hydrogens is 883 g/mol. The van der Waals surface area contributed by atoms with E-state index in [1.807, 2.05) is 0 Å². The Balaban J connectivity index is 0.0000102. The zero-order valence-corrected chi connectivity index (χ0v) is 37.8. The maximum Gasteiger partial charge on any atom is 0.338 e. The molecule has 1 aliphatic heterocycles. The van der Waals surface area contributed by atoms with E-state index < -0.39 is 23.9 Å². The highest BCUT2D eigenvalue weighted by molar-refractivity contribution is 5.98. The molecule has 0 unspecified atom stereocenters. The van der Waals surface area contributed by atoms with Crippen molar-refractivity contribution in [1.82, 2.24) is 10.6 Å². The molecule has 0 saturated heterocycles. The molecule has 2 atom stereocenters. The Morgan fingerprint density at radius 2 is 0.828 bits per heavy atom. The number of carbonyl (C=O) groups excluding carboxylic acids is 4. The number of amides is 4. The fourth-order valence-electron chi connectivity index (χ4n) is 5.69. The molecule has 2 aromatic rings. The quantitative estimate of drug-likeness (QED) is 0.0478. The van der Waals surface area contributed by atoms with Gasteiger partial charge in [0.2, 0.25) is 23.6 Å². The van der Waals surface area contributed by atoms with Crippen molar-refractivity contribution in [1.29, 1.82) is 0 Å². The number of nitrogens with two attached hydrogens (primary N) is 4. The fraction of sp³-hybridized carbons (Fsp3) is 0.550. The zero-order valence-electron chi connectivity index (χ0n) is 36.3. The van der Waals surface area contributed by atoms with Gasteiger partial charge >= 0.3 is 11.9 Å². The van der Waals surface area contributed by atoms with Crippen molar-refractivity contribution in [2.45, 2.75) is 51.6 Å². The third-order valence-corrected chi connectivity index (χ3v) is 8.49. The molecule has 4 amide bonds. The van der Waals surface area contributed by atoms with Gasteiger partial charge in [0.05, 0.1) is 65.9 Å². The highest BCUT2D eigenvalue weighted by Crippen LogP contribution is 2.32. The van der Waals surface area contributed by atoms with Gasteiger partial charge in [-0.25, -0.2) is 0 Å². The van der Waals surface area contributed by atoms with E-state index >= 15 is 0 Å². The van der Waals surface area contributed by atoms with Crippen LogP contribution in [0.3, 0.4) is 0 Å². The van der Waals surface area contributed by atoms with Crippen LogP contribution in [-0.2, 0) is 38.1 Å². The van der Waals surface area contributed by atoms with E-state index in [2.05, 4.69) is 31.3 Å². The molecule has 0 aliphatic carbocycles. The average molecular weight is 948 g/mol. The Bertz CT molecular complexity index is 1650. The van der Waals surface area contributed by atoms with Gasteiger partial charge in [0.1, 0.15) is 38.5 Å². The first-order valence-corrected chi connectivity index (χ1v) is 20.4. The second-order valence-corrected chi connectivity index (χ2v) is 13.7. The zero-order chi connectivity index (χ0) is 45.0. The maximum absolute atomic E-state index is 13.2. The molecule has 1 aliphatic rings. The number of rotatable bonds is 14. The number of anilines is 2. The minimum atomic E-state index is -0.798. The molecule has 1 heterocycles. The molecule has 0 aromatic heterocycles. The molecule has 0 spiro atoms. The third kappa shape index (κ3) is 24.4. The van der Waals surface area contributed by atoms with Gasteiger partial charge in [0.25, 0.3) is 0 Å². The summed E-state index contributed by atoms with van der Waals surface area (Å²) >= 11 is 0. The number of nitrogens with one attached hydrogen (secondary N) is 6. The van der Waals surface area contributed by atoms with Gasteiger partial charge in [-0.15, -0.1) is 0 Å². The lowest BCUT2D eigenvalue weighted by atomic mass is 10.1. The molecule has 14 N–H and O–H groups in total. The molecule has 2 aromatic carbocycles. The molecule has 0 bridgehead atoms. The summed E-state index contributed by atoms with van der Waals surface area (Å²) < 4.78 is 46.7. The lowest BCUT2D eigenvalue weighted by Crippen LogP contribution is -3.00. The van der Waals surface area contributed by atoms with Crippen LogP contribution in [0.5, 0.6) is 23.0 Å². The van der Waals surface area contributed by atoms with Crippen LogP contribution in [0.1, 0.15) is 39.5 Å². The number of guanidine groups is 2. The number of halogens is 2. The standard InChI is InChI=1S/C40H62N10O12.2ClH/c1-27(51)47-31(5-3-11-45-39(41)42)37(53)49-29-7-9-33-35(25-29)61-23-19-57-15-16-58-20-24-62-36-26-30(8-10-34(36)60-22-18-56-14-13-55-17-21-59-33)50-38(54)32(48-28(2)52)6-4-12-46-40(43)44;;/h7-10,25-26,31-32H,3-6,11-24H2,1-2H3,(H,47,51)(H,48,52)(H,49,53)(H,50,54)(H4,41,42,45)(H4,43,44,46);2*1H/t31-,32-;;/m0../s1. The van der Waals surface area contributed by atoms with Gasteiger partial charge < -0.3 is 84.0 Å². The van der Waals surface area contributed by atoms with Crippen molar-refractivity contribution >= 4 is 46.9 Å². The van der Waals surface area contributed by atoms with E-state index in [0.29, 0.717) is 86.4 Å². The summed E-state index contributed by atoms with van der Waals surface area (Å²) in [5, 5.41) is 11.0. The number of carbonyl (C=O) groups is 4. The molecule has 22 nitrogen and oxygen atoms in total. The number of benzene rings is 2. The predicted molar refractivity (Wildman–Crippen MR) is 227 cm³/mol. The van der Waals surface area contributed by atoms with E-state index in [1.54, 1.807) is 36.4 Å². The number of hydrogen-bond acceptors (Lipinski definition) is 12. The smallest absolute Gasteiger partial charge is 0.338 e. The number of ether oxygens (including phenoxy) is 8. The van der Waals surface area contributed by atoms with Crippen LogP contribution in [0.4, 0.5) is 11.4 Å². The van der Waals surface area contributed by atoms with Crippen LogP contribution in [0.25, 0.3) is 0 Å². The molecule has 3 rings (SSSR count). The van der Waals surface area contributed by atoms with E-state index in [0.717, 1.165) is 0 Å². The first-order valence-electron chi connectivity index (χ1n) is 20.4. The van der Waals surface area contributed by atoms with Crippen molar-refractivity contribution in [2.24, 2.45) is 22.9 Å². The molecule has 360 valence electrons. The summed E-state index contributed by atoms with van der Waals surface area (Å²) in [4.78, 5) is 55.6. The summed E-state index contributed by atoms with van der Waals surface area (Å²) in [7, 11) is 0. The number of hydrogen-bond donors (Lipinski definition) is 10. The largest absolute Gasteiger partial charge is 1.00 e. The Labute approximate surface area is 385 Å². The summed E-state index contributed by atoms with van der Waals surface area (Å²) in [6.45, 7) is 6.40. The SMILES string of the molecule is CC(=O)N[C@@H](CCC[NH+]=C(N)N)C(=O)Nc1ccc2c(c1)OCCOCCOCCOc1cc(NC(=O)[C@H](CCC[NH+]=C(N)N)NC(C)=O)ccc1OCCOCCOCCO2.[Cl-].[Cl-]. The highest BCUT2D eigenvalue weighted by Gasteiger charge is 2.22. The Hall–Kier alpha value is -5.52. The van der Waals surface area contributed by atoms with E-state index in [9.17, 15) is 19.2 Å². The van der Waals surface area contributed by atoms with Gasteiger partial charge in [-0.05, 0) is 49.9 Å². The van der Waals surface area contributed by atoms with Gasteiger partial charge in [-0.2, -0.15) is 0 Å². The normalized spacial score (nSPS) is 15.0. The molecule has 0 radical (unpaired) electrons. The summed E-state index contributed by atoms with van der Waals surface area (Å²) in [5.41, 5.74) is 22.6. The maximum atomic E-state index is 13.2. The minimum absolute atomic E-state index is 0. The van der Waals surface area contributed by atoms with Crippen LogP contribution in [0.15, 0.2) is 36.4 Å². The van der Waals surface area contributed by atoms with Gasteiger partial charge in [0, 0.05) is 37.4 Å². The molecule has 64 heavy (non-hydrogen) atoms. The lowest BCUT2D eigenvalue weighted by molar-refractivity contribution is -0.460. The van der Waals surface area contributed by atoms with Crippen LogP contribution < -0.4 is 97.9 Å². The van der Waals surface area contributed by atoms with Crippen LogP contribution in [-0.4, -0.2) is 140 Å². The van der Waals surface area contributed by atoms with Crippen LogP contribution in [0, 0.1) is 0 Å².